The number of ether oxygens (including phenoxy) is 1. The number of hydrogen-bond donors (Lipinski definition) is 2. The predicted octanol–water partition coefficient (Wildman–Crippen LogP) is 3.82. The third kappa shape index (κ3) is 6.37. The summed E-state index contributed by atoms with van der Waals surface area (Å²) in [6.45, 7) is 2.12. The maximum Gasteiger partial charge on any atom is 0.244 e. The molecule has 1 heterocycles. The van der Waals surface area contributed by atoms with Crippen LogP contribution in [0.3, 0.4) is 0 Å². The first-order valence-electron chi connectivity index (χ1n) is 8.91. The van der Waals surface area contributed by atoms with Crippen LogP contribution in [0, 0.1) is 0 Å². The van der Waals surface area contributed by atoms with Crippen molar-refractivity contribution in [2.75, 3.05) is 37.8 Å². The molecule has 146 valence electrons. The molecule has 0 aliphatic heterocycles. The number of hydrogen-bond acceptors (Lipinski definition) is 7. The van der Waals surface area contributed by atoms with Crippen LogP contribution in [0.2, 0.25) is 5.02 Å². The van der Waals surface area contributed by atoms with Crippen LogP contribution in [0.1, 0.15) is 5.56 Å². The molecule has 28 heavy (non-hydrogen) atoms. The van der Waals surface area contributed by atoms with Crippen molar-refractivity contribution in [1.29, 1.82) is 0 Å². The molecule has 0 saturated heterocycles. The number of nitrogens with zero attached hydrogens (tertiary/aromatic N) is 4. The molecule has 0 fully saturated rings. The number of nitrogens with one attached hydrogen (secondary N) is 2. The second kappa shape index (κ2) is 9.87. The average Bonchev–Trinajstić information content (AvgIpc) is 2.69. The van der Waals surface area contributed by atoms with Crippen LogP contribution in [0.4, 0.5) is 17.5 Å². The summed E-state index contributed by atoms with van der Waals surface area (Å²) in [5.74, 6) is 1.90. The van der Waals surface area contributed by atoms with Crippen molar-refractivity contribution in [2.24, 2.45) is 0 Å². The largest absolute Gasteiger partial charge is 0.489 e. The van der Waals surface area contributed by atoms with Crippen molar-refractivity contribution in [3.05, 3.63) is 65.3 Å². The first kappa shape index (κ1) is 19.9. The molecule has 2 N–H and O–H groups in total. The third-order valence-corrected chi connectivity index (χ3v) is 4.10. The lowest BCUT2D eigenvalue weighted by Gasteiger charge is -2.11. The molecule has 0 radical (unpaired) electrons. The molecule has 3 rings (SSSR count). The Morgan fingerprint density at radius 3 is 2.50 bits per heavy atom. The molecule has 3 aromatic rings. The van der Waals surface area contributed by atoms with E-state index in [2.05, 4.69) is 30.7 Å². The van der Waals surface area contributed by atoms with Crippen LogP contribution in [-0.4, -0.2) is 47.3 Å². The van der Waals surface area contributed by atoms with Gasteiger partial charge in [-0.15, -0.1) is 5.10 Å². The lowest BCUT2D eigenvalue weighted by Crippen LogP contribution is -2.21. The van der Waals surface area contributed by atoms with Crippen LogP contribution in [0.5, 0.6) is 5.75 Å². The van der Waals surface area contributed by atoms with E-state index >= 15 is 0 Å². The highest BCUT2D eigenvalue weighted by molar-refractivity contribution is 6.30. The van der Waals surface area contributed by atoms with Gasteiger partial charge >= 0.3 is 0 Å². The Kier molecular flexibility index (Phi) is 7.00. The SMILES string of the molecule is CN(C)CCNc1nncc(Nc2ccc(OCc3ccc(Cl)cc3)cc2)n1. The molecule has 1 aromatic heterocycles. The van der Waals surface area contributed by atoms with E-state index in [1.165, 1.54) is 0 Å². The Balaban J connectivity index is 1.53. The number of benzene rings is 2. The molecule has 2 aromatic carbocycles. The van der Waals surface area contributed by atoms with Crippen molar-refractivity contribution in [3.63, 3.8) is 0 Å². The number of aromatic nitrogens is 3. The molecule has 0 bridgehead atoms. The van der Waals surface area contributed by atoms with Gasteiger partial charge in [0.25, 0.3) is 0 Å². The quantitative estimate of drug-likeness (QED) is 0.567. The Morgan fingerprint density at radius 2 is 1.79 bits per heavy atom. The topological polar surface area (TPSA) is 75.2 Å². The summed E-state index contributed by atoms with van der Waals surface area (Å²) in [7, 11) is 4.03. The van der Waals surface area contributed by atoms with Gasteiger partial charge in [0.1, 0.15) is 12.4 Å². The molecule has 0 atom stereocenters. The number of halogens is 1. The fraction of sp³-hybridized carbons (Fsp3) is 0.250. The zero-order valence-electron chi connectivity index (χ0n) is 15.9. The van der Waals surface area contributed by atoms with Crippen LogP contribution < -0.4 is 15.4 Å². The van der Waals surface area contributed by atoms with Gasteiger partial charge in [0.2, 0.25) is 5.95 Å². The maximum absolute atomic E-state index is 5.89. The molecule has 0 aliphatic rings. The smallest absolute Gasteiger partial charge is 0.244 e. The van der Waals surface area contributed by atoms with Gasteiger partial charge in [-0.25, -0.2) is 0 Å². The van der Waals surface area contributed by atoms with Crippen molar-refractivity contribution < 1.29 is 4.74 Å². The molecular formula is C20H23ClN6O. The minimum absolute atomic E-state index is 0.488. The van der Waals surface area contributed by atoms with E-state index in [9.17, 15) is 0 Å². The van der Waals surface area contributed by atoms with Crippen LogP contribution in [0.15, 0.2) is 54.7 Å². The van der Waals surface area contributed by atoms with Crippen molar-refractivity contribution >= 4 is 29.1 Å². The fourth-order valence-corrected chi connectivity index (χ4v) is 2.49. The molecule has 0 saturated carbocycles. The Bertz CT molecular complexity index is 871. The van der Waals surface area contributed by atoms with E-state index in [1.54, 1.807) is 6.20 Å². The number of rotatable bonds is 9. The highest BCUT2D eigenvalue weighted by Gasteiger charge is 2.02. The lowest BCUT2D eigenvalue weighted by atomic mass is 10.2. The van der Waals surface area contributed by atoms with Gasteiger partial charge in [0, 0.05) is 23.8 Å². The van der Waals surface area contributed by atoms with Crippen molar-refractivity contribution in [1.82, 2.24) is 20.1 Å². The highest BCUT2D eigenvalue weighted by atomic mass is 35.5. The van der Waals surface area contributed by atoms with Crippen LogP contribution in [0.25, 0.3) is 0 Å². The van der Waals surface area contributed by atoms with Gasteiger partial charge in [-0.1, -0.05) is 23.7 Å². The summed E-state index contributed by atoms with van der Waals surface area (Å²) >= 11 is 5.89. The van der Waals surface area contributed by atoms with Crippen LogP contribution >= 0.6 is 11.6 Å². The van der Waals surface area contributed by atoms with E-state index in [4.69, 9.17) is 16.3 Å². The number of anilines is 3. The zero-order chi connectivity index (χ0) is 19.8. The summed E-state index contributed by atoms with van der Waals surface area (Å²) < 4.78 is 5.80. The van der Waals surface area contributed by atoms with Gasteiger partial charge in [-0.2, -0.15) is 10.1 Å². The van der Waals surface area contributed by atoms with Gasteiger partial charge in [0.15, 0.2) is 5.82 Å². The molecule has 7 nitrogen and oxygen atoms in total. The summed E-state index contributed by atoms with van der Waals surface area (Å²) in [4.78, 5) is 6.50. The minimum Gasteiger partial charge on any atom is -0.489 e. The Hall–Kier alpha value is -2.90. The monoisotopic (exact) mass is 398 g/mol. The maximum atomic E-state index is 5.89. The van der Waals surface area contributed by atoms with Gasteiger partial charge in [-0.3, -0.25) is 0 Å². The van der Waals surface area contributed by atoms with E-state index in [1.807, 2.05) is 62.6 Å². The van der Waals surface area contributed by atoms with Gasteiger partial charge < -0.3 is 20.3 Å². The predicted molar refractivity (Wildman–Crippen MR) is 112 cm³/mol. The summed E-state index contributed by atoms with van der Waals surface area (Å²) in [5.41, 5.74) is 1.95. The van der Waals surface area contributed by atoms with Crippen LogP contribution in [-0.2, 0) is 6.61 Å². The molecule has 0 unspecified atom stereocenters. The van der Waals surface area contributed by atoms with E-state index in [0.717, 1.165) is 35.1 Å². The highest BCUT2D eigenvalue weighted by Crippen LogP contribution is 2.20. The van der Waals surface area contributed by atoms with Gasteiger partial charge in [0.05, 0.1) is 6.20 Å². The van der Waals surface area contributed by atoms with E-state index in [-0.39, 0.29) is 0 Å². The van der Waals surface area contributed by atoms with E-state index in [0.29, 0.717) is 18.4 Å². The zero-order valence-corrected chi connectivity index (χ0v) is 16.6. The first-order valence-corrected chi connectivity index (χ1v) is 9.29. The van der Waals surface area contributed by atoms with Crippen molar-refractivity contribution in [2.45, 2.75) is 6.61 Å². The van der Waals surface area contributed by atoms with Gasteiger partial charge in [-0.05, 0) is 56.1 Å². The average molecular weight is 399 g/mol. The Labute approximate surface area is 169 Å². The number of likely N-dealkylation sites (N-methyl/N-ethyl adjacent to an activating group) is 1. The summed E-state index contributed by atoms with van der Waals surface area (Å²) in [6, 6.07) is 15.3. The molecule has 8 heteroatoms. The molecular weight excluding hydrogens is 376 g/mol. The summed E-state index contributed by atoms with van der Waals surface area (Å²) in [6.07, 6.45) is 1.59. The first-order chi connectivity index (χ1) is 13.6. The molecule has 0 aliphatic carbocycles. The standard InChI is InChI=1S/C20H23ClN6O/c1-27(2)12-11-22-20-25-19(13-23-26-20)24-17-7-9-18(10-8-17)28-14-15-3-5-16(21)6-4-15/h3-10,13H,11-12,14H2,1-2H3,(H2,22,24,25,26). The Morgan fingerprint density at radius 1 is 1.04 bits per heavy atom. The fourth-order valence-electron chi connectivity index (χ4n) is 2.36. The third-order valence-electron chi connectivity index (χ3n) is 3.85. The normalized spacial score (nSPS) is 10.7. The lowest BCUT2D eigenvalue weighted by molar-refractivity contribution is 0.306. The van der Waals surface area contributed by atoms with Crippen molar-refractivity contribution in [3.8, 4) is 5.75 Å². The van der Waals surface area contributed by atoms with E-state index < -0.39 is 0 Å². The minimum atomic E-state index is 0.488. The second-order valence-corrected chi connectivity index (χ2v) is 6.90. The summed E-state index contributed by atoms with van der Waals surface area (Å²) in [5, 5.41) is 15.1. The molecule has 0 spiro atoms. The molecule has 0 amide bonds. The second-order valence-electron chi connectivity index (χ2n) is 6.46.